The van der Waals surface area contributed by atoms with Crippen LogP contribution in [0.25, 0.3) is 10.8 Å². The van der Waals surface area contributed by atoms with E-state index in [0.29, 0.717) is 18.6 Å². The number of fused-ring (bicyclic) bond motifs is 1. The van der Waals surface area contributed by atoms with Crippen LogP contribution in [0.1, 0.15) is 42.1 Å². The molecule has 3 aromatic carbocycles. The van der Waals surface area contributed by atoms with Crippen LogP contribution in [0.3, 0.4) is 0 Å². The molecule has 4 rings (SSSR count). The second-order valence-electron chi connectivity index (χ2n) is 7.96. The molecule has 0 spiro atoms. The van der Waals surface area contributed by atoms with Crippen molar-refractivity contribution in [2.45, 2.75) is 32.6 Å². The van der Waals surface area contributed by atoms with Crippen molar-refractivity contribution >= 4 is 10.8 Å². The van der Waals surface area contributed by atoms with Gasteiger partial charge in [-0.25, -0.2) is 8.78 Å². The molecule has 0 amide bonds. The van der Waals surface area contributed by atoms with Gasteiger partial charge >= 0.3 is 0 Å². The third kappa shape index (κ3) is 6.17. The van der Waals surface area contributed by atoms with Gasteiger partial charge in [-0.3, -0.25) is 4.98 Å². The van der Waals surface area contributed by atoms with E-state index in [-0.39, 0.29) is 11.6 Å². The number of aryl methyl sites for hydroxylation is 2. The number of nitrogens with zero attached hydrogens (tertiary/aromatic N) is 1. The molecular weight excluding hydrogens is 416 g/mol. The SMILES string of the molecule is CCCCOc1ccc(CCc2ccc(C#Cc3ccc4cc(F)ccc4c3)c(F)c2)nc1. The summed E-state index contributed by atoms with van der Waals surface area (Å²) in [6, 6.07) is 19.2. The lowest BCUT2D eigenvalue weighted by Gasteiger charge is -2.06. The minimum absolute atomic E-state index is 0.271. The summed E-state index contributed by atoms with van der Waals surface area (Å²) in [4.78, 5) is 4.44. The molecule has 4 aromatic rings. The van der Waals surface area contributed by atoms with Gasteiger partial charge in [0.05, 0.1) is 18.4 Å². The molecule has 0 aliphatic rings. The van der Waals surface area contributed by atoms with Crippen molar-refractivity contribution in [2.75, 3.05) is 6.61 Å². The highest BCUT2D eigenvalue weighted by atomic mass is 19.1. The Kier molecular flexibility index (Phi) is 7.32. The van der Waals surface area contributed by atoms with E-state index in [9.17, 15) is 8.78 Å². The number of ether oxygens (including phenoxy) is 1. The molecule has 0 N–H and O–H groups in total. The van der Waals surface area contributed by atoms with Crippen molar-refractivity contribution in [3.63, 3.8) is 0 Å². The van der Waals surface area contributed by atoms with Crippen molar-refractivity contribution in [2.24, 2.45) is 0 Å². The first-order valence-corrected chi connectivity index (χ1v) is 11.2. The maximum atomic E-state index is 14.6. The number of halogens is 2. The predicted molar refractivity (Wildman–Crippen MR) is 128 cm³/mol. The highest BCUT2D eigenvalue weighted by Gasteiger charge is 2.04. The fourth-order valence-corrected chi connectivity index (χ4v) is 3.50. The number of unbranched alkanes of at least 4 members (excludes halogenated alkanes) is 1. The lowest BCUT2D eigenvalue weighted by Crippen LogP contribution is -1.99. The Labute approximate surface area is 193 Å². The van der Waals surface area contributed by atoms with Crippen LogP contribution in [0.2, 0.25) is 0 Å². The van der Waals surface area contributed by atoms with Crippen LogP contribution >= 0.6 is 0 Å². The van der Waals surface area contributed by atoms with Crippen LogP contribution in [-0.4, -0.2) is 11.6 Å². The lowest BCUT2D eigenvalue weighted by molar-refractivity contribution is 0.308. The van der Waals surface area contributed by atoms with E-state index in [1.54, 1.807) is 18.3 Å². The molecule has 1 aromatic heterocycles. The number of pyridine rings is 1. The van der Waals surface area contributed by atoms with Gasteiger partial charge in [-0.05, 0) is 84.1 Å². The van der Waals surface area contributed by atoms with Gasteiger partial charge in [0.2, 0.25) is 0 Å². The van der Waals surface area contributed by atoms with E-state index in [1.165, 1.54) is 18.2 Å². The standard InChI is InChI=1S/C29H25F2NO/c1-2-3-16-33-28-15-14-27(32-20-28)13-7-22-5-9-23(29(31)18-22)8-4-21-6-10-25-19-26(30)12-11-24(25)17-21/h5-6,9-12,14-15,17-20H,2-3,7,13,16H2,1H3. The number of hydrogen-bond donors (Lipinski definition) is 0. The molecule has 0 aliphatic heterocycles. The Morgan fingerprint density at radius 2 is 1.70 bits per heavy atom. The second kappa shape index (κ2) is 10.7. The monoisotopic (exact) mass is 441 g/mol. The van der Waals surface area contributed by atoms with Crippen LogP contribution in [0.5, 0.6) is 5.75 Å². The molecule has 0 atom stereocenters. The van der Waals surface area contributed by atoms with E-state index >= 15 is 0 Å². The van der Waals surface area contributed by atoms with E-state index < -0.39 is 0 Å². The quantitative estimate of drug-likeness (QED) is 0.230. The Bertz CT molecular complexity index is 1300. The summed E-state index contributed by atoms with van der Waals surface area (Å²) in [5, 5.41) is 1.71. The first kappa shape index (κ1) is 22.5. The van der Waals surface area contributed by atoms with Gasteiger partial charge in [-0.2, -0.15) is 0 Å². The Hall–Kier alpha value is -3.71. The fourth-order valence-electron chi connectivity index (χ4n) is 3.50. The number of hydrogen-bond acceptors (Lipinski definition) is 2. The molecule has 1 heterocycles. The van der Waals surface area contributed by atoms with Crippen LogP contribution in [-0.2, 0) is 12.8 Å². The van der Waals surface area contributed by atoms with Gasteiger partial charge in [0.1, 0.15) is 17.4 Å². The van der Waals surface area contributed by atoms with Gasteiger partial charge in [-0.1, -0.05) is 43.4 Å². The smallest absolute Gasteiger partial charge is 0.139 e. The summed E-state index contributed by atoms with van der Waals surface area (Å²) in [5.41, 5.74) is 2.95. The molecular formula is C29H25F2NO. The first-order valence-electron chi connectivity index (χ1n) is 11.2. The van der Waals surface area contributed by atoms with Gasteiger partial charge in [0.25, 0.3) is 0 Å². The summed E-state index contributed by atoms with van der Waals surface area (Å²) < 4.78 is 33.6. The maximum absolute atomic E-state index is 14.6. The van der Waals surface area contributed by atoms with Crippen molar-refractivity contribution in [3.05, 3.63) is 107 Å². The van der Waals surface area contributed by atoms with E-state index in [2.05, 4.69) is 23.7 Å². The molecule has 0 aliphatic carbocycles. The molecule has 0 saturated heterocycles. The molecule has 0 radical (unpaired) electrons. The lowest BCUT2D eigenvalue weighted by atomic mass is 10.0. The molecule has 0 bridgehead atoms. The van der Waals surface area contributed by atoms with Crippen LogP contribution in [0.15, 0.2) is 72.9 Å². The van der Waals surface area contributed by atoms with Crippen molar-refractivity contribution < 1.29 is 13.5 Å². The third-order valence-corrected chi connectivity index (χ3v) is 5.41. The highest BCUT2D eigenvalue weighted by molar-refractivity contribution is 5.84. The zero-order valence-corrected chi connectivity index (χ0v) is 18.6. The average Bonchev–Trinajstić information content (AvgIpc) is 2.83. The van der Waals surface area contributed by atoms with Gasteiger partial charge in [0, 0.05) is 11.3 Å². The third-order valence-electron chi connectivity index (χ3n) is 5.41. The minimum Gasteiger partial charge on any atom is -0.492 e. The summed E-state index contributed by atoms with van der Waals surface area (Å²) in [6.45, 7) is 2.83. The zero-order valence-electron chi connectivity index (χ0n) is 18.6. The zero-order chi connectivity index (χ0) is 23.0. The predicted octanol–water partition coefficient (Wildman–Crippen LogP) is 6.88. The van der Waals surface area contributed by atoms with Gasteiger partial charge in [0.15, 0.2) is 0 Å². The Balaban J connectivity index is 1.38. The first-order chi connectivity index (χ1) is 16.1. The summed E-state index contributed by atoms with van der Waals surface area (Å²) >= 11 is 0. The summed E-state index contributed by atoms with van der Waals surface area (Å²) in [7, 11) is 0. The van der Waals surface area contributed by atoms with Crippen LogP contribution < -0.4 is 4.74 Å². The number of benzene rings is 3. The van der Waals surface area contributed by atoms with Crippen LogP contribution in [0.4, 0.5) is 8.78 Å². The molecule has 0 saturated carbocycles. The largest absolute Gasteiger partial charge is 0.492 e. The van der Waals surface area contributed by atoms with E-state index in [4.69, 9.17) is 4.74 Å². The summed E-state index contributed by atoms with van der Waals surface area (Å²) in [5.74, 6) is 6.08. The Morgan fingerprint density at radius 3 is 2.48 bits per heavy atom. The van der Waals surface area contributed by atoms with Crippen molar-refractivity contribution in [1.29, 1.82) is 0 Å². The topological polar surface area (TPSA) is 22.1 Å². The fraction of sp³-hybridized carbons (Fsp3) is 0.207. The summed E-state index contributed by atoms with van der Waals surface area (Å²) in [6.07, 6.45) is 5.27. The van der Waals surface area contributed by atoms with E-state index in [1.807, 2.05) is 36.4 Å². The average molecular weight is 442 g/mol. The van der Waals surface area contributed by atoms with Gasteiger partial charge < -0.3 is 4.74 Å². The van der Waals surface area contributed by atoms with Crippen molar-refractivity contribution in [3.8, 4) is 17.6 Å². The second-order valence-corrected chi connectivity index (χ2v) is 7.96. The molecule has 2 nitrogen and oxygen atoms in total. The molecule has 0 unspecified atom stereocenters. The van der Waals surface area contributed by atoms with Gasteiger partial charge in [-0.15, -0.1) is 0 Å². The highest BCUT2D eigenvalue weighted by Crippen LogP contribution is 2.18. The van der Waals surface area contributed by atoms with Crippen LogP contribution in [0, 0.1) is 23.5 Å². The molecule has 166 valence electrons. The van der Waals surface area contributed by atoms with Crippen molar-refractivity contribution in [1.82, 2.24) is 4.98 Å². The number of rotatable bonds is 7. The minimum atomic E-state index is -0.338. The molecule has 4 heteroatoms. The van der Waals surface area contributed by atoms with E-state index in [0.717, 1.165) is 52.6 Å². The molecule has 0 fully saturated rings. The normalized spacial score (nSPS) is 10.6. The Morgan fingerprint density at radius 1 is 0.848 bits per heavy atom. The molecule has 33 heavy (non-hydrogen) atoms. The number of aromatic nitrogens is 1. The maximum Gasteiger partial charge on any atom is 0.139 e.